The fraction of sp³-hybridized carbons (Fsp3) is 0.417. The molecule has 1 amide bonds. The van der Waals surface area contributed by atoms with Gasteiger partial charge in [0.15, 0.2) is 0 Å². The Morgan fingerprint density at radius 3 is 2.47 bits per heavy atom. The second-order valence-corrected chi connectivity index (χ2v) is 3.44. The lowest BCUT2D eigenvalue weighted by Crippen LogP contribution is -2.10. The molecule has 0 atom stereocenters. The van der Waals surface area contributed by atoms with Crippen LogP contribution in [0.4, 0.5) is 0 Å². The minimum Gasteiger partial charge on any atom is -0.494 e. The number of unbranched alkanes of at least 4 members (excludes halogenated alkanes) is 2. The summed E-state index contributed by atoms with van der Waals surface area (Å²) in [6.07, 6.45) is 3.43. The van der Waals surface area contributed by atoms with Crippen LogP contribution in [0.5, 0.6) is 5.75 Å². The molecule has 3 heteroatoms. The zero-order valence-electron chi connectivity index (χ0n) is 9.03. The number of ether oxygens (including phenoxy) is 1. The van der Waals surface area contributed by atoms with Crippen molar-refractivity contribution in [2.24, 2.45) is 5.73 Å². The third kappa shape index (κ3) is 4.02. The van der Waals surface area contributed by atoms with E-state index in [-0.39, 0.29) is 0 Å². The SMILES string of the molecule is CCCCCOc1ccc(C(N)=O)cc1. The van der Waals surface area contributed by atoms with Crippen LogP contribution in [0.3, 0.4) is 0 Å². The highest BCUT2D eigenvalue weighted by atomic mass is 16.5. The summed E-state index contributed by atoms with van der Waals surface area (Å²) in [6.45, 7) is 2.88. The average molecular weight is 207 g/mol. The van der Waals surface area contributed by atoms with Crippen LogP contribution < -0.4 is 10.5 Å². The molecule has 0 aromatic heterocycles. The number of benzene rings is 1. The summed E-state index contributed by atoms with van der Waals surface area (Å²) in [5.41, 5.74) is 5.63. The molecule has 0 spiro atoms. The van der Waals surface area contributed by atoms with Gasteiger partial charge in [-0.2, -0.15) is 0 Å². The summed E-state index contributed by atoms with van der Waals surface area (Å²) in [4.78, 5) is 10.8. The van der Waals surface area contributed by atoms with Crippen LogP contribution in [0.25, 0.3) is 0 Å². The van der Waals surface area contributed by atoms with Gasteiger partial charge in [0.05, 0.1) is 6.61 Å². The van der Waals surface area contributed by atoms with E-state index in [2.05, 4.69) is 6.92 Å². The molecular weight excluding hydrogens is 190 g/mol. The summed E-state index contributed by atoms with van der Waals surface area (Å²) >= 11 is 0. The highest BCUT2D eigenvalue weighted by Crippen LogP contribution is 2.12. The van der Waals surface area contributed by atoms with Gasteiger partial charge in [-0.3, -0.25) is 4.79 Å². The lowest BCUT2D eigenvalue weighted by molar-refractivity contribution is 0.100. The Kier molecular flexibility index (Phi) is 4.68. The van der Waals surface area contributed by atoms with Crippen molar-refractivity contribution < 1.29 is 9.53 Å². The molecule has 0 radical (unpaired) electrons. The molecule has 3 nitrogen and oxygen atoms in total. The molecule has 0 saturated heterocycles. The van der Waals surface area contributed by atoms with Gasteiger partial charge in [0.1, 0.15) is 5.75 Å². The average Bonchev–Trinajstić information content (AvgIpc) is 2.25. The predicted octanol–water partition coefficient (Wildman–Crippen LogP) is 2.35. The molecule has 0 aliphatic rings. The first kappa shape index (κ1) is 11.6. The van der Waals surface area contributed by atoms with Gasteiger partial charge < -0.3 is 10.5 Å². The Bertz CT molecular complexity index is 306. The Balaban J connectivity index is 2.39. The minimum atomic E-state index is -0.410. The summed E-state index contributed by atoms with van der Waals surface area (Å²) in [5, 5.41) is 0. The van der Waals surface area contributed by atoms with Gasteiger partial charge in [-0.25, -0.2) is 0 Å². The van der Waals surface area contributed by atoms with Crippen LogP contribution in [-0.4, -0.2) is 12.5 Å². The van der Waals surface area contributed by atoms with E-state index in [4.69, 9.17) is 10.5 Å². The minimum absolute atomic E-state index is 0.410. The van der Waals surface area contributed by atoms with E-state index in [1.54, 1.807) is 24.3 Å². The standard InChI is InChI=1S/C12H17NO2/c1-2-3-4-9-15-11-7-5-10(6-8-11)12(13)14/h5-8H,2-4,9H2,1H3,(H2,13,14). The first-order valence-electron chi connectivity index (χ1n) is 5.26. The molecule has 15 heavy (non-hydrogen) atoms. The number of amides is 1. The Morgan fingerprint density at radius 1 is 1.27 bits per heavy atom. The van der Waals surface area contributed by atoms with E-state index < -0.39 is 5.91 Å². The van der Waals surface area contributed by atoms with E-state index in [0.717, 1.165) is 18.8 Å². The van der Waals surface area contributed by atoms with Gasteiger partial charge in [-0.15, -0.1) is 0 Å². The zero-order chi connectivity index (χ0) is 11.1. The first-order valence-corrected chi connectivity index (χ1v) is 5.26. The van der Waals surface area contributed by atoms with Crippen LogP contribution in [0, 0.1) is 0 Å². The largest absolute Gasteiger partial charge is 0.494 e. The number of rotatable bonds is 6. The number of hydrogen-bond acceptors (Lipinski definition) is 2. The summed E-state index contributed by atoms with van der Waals surface area (Å²) in [6, 6.07) is 6.90. The number of primary amides is 1. The van der Waals surface area contributed by atoms with Crippen LogP contribution in [-0.2, 0) is 0 Å². The molecule has 0 aliphatic carbocycles. The van der Waals surface area contributed by atoms with Crippen LogP contribution in [0.1, 0.15) is 36.5 Å². The van der Waals surface area contributed by atoms with Gasteiger partial charge >= 0.3 is 0 Å². The quantitative estimate of drug-likeness (QED) is 0.728. The number of nitrogens with two attached hydrogens (primary N) is 1. The molecule has 0 saturated carbocycles. The highest BCUT2D eigenvalue weighted by Gasteiger charge is 1.99. The van der Waals surface area contributed by atoms with Crippen LogP contribution >= 0.6 is 0 Å². The van der Waals surface area contributed by atoms with Crippen molar-refractivity contribution in [1.29, 1.82) is 0 Å². The maximum Gasteiger partial charge on any atom is 0.248 e. The summed E-state index contributed by atoms with van der Waals surface area (Å²) in [5.74, 6) is 0.378. The van der Waals surface area contributed by atoms with Gasteiger partial charge in [0.2, 0.25) is 5.91 Å². The molecule has 1 aromatic carbocycles. The lowest BCUT2D eigenvalue weighted by Gasteiger charge is -2.05. The maximum absolute atomic E-state index is 10.8. The van der Waals surface area contributed by atoms with E-state index >= 15 is 0 Å². The normalized spacial score (nSPS) is 9.93. The second kappa shape index (κ2) is 6.06. The Morgan fingerprint density at radius 2 is 1.93 bits per heavy atom. The van der Waals surface area contributed by atoms with Crippen molar-refractivity contribution in [3.63, 3.8) is 0 Å². The molecule has 82 valence electrons. The number of hydrogen-bond donors (Lipinski definition) is 1. The van der Waals surface area contributed by atoms with Crippen molar-refractivity contribution >= 4 is 5.91 Å². The molecule has 0 fully saturated rings. The van der Waals surface area contributed by atoms with Crippen molar-refractivity contribution in [3.05, 3.63) is 29.8 Å². The second-order valence-electron chi connectivity index (χ2n) is 3.44. The Labute approximate surface area is 90.2 Å². The fourth-order valence-corrected chi connectivity index (χ4v) is 1.26. The zero-order valence-corrected chi connectivity index (χ0v) is 9.03. The van der Waals surface area contributed by atoms with Crippen molar-refractivity contribution in [1.82, 2.24) is 0 Å². The molecule has 1 aromatic rings. The highest BCUT2D eigenvalue weighted by molar-refractivity contribution is 5.92. The van der Waals surface area contributed by atoms with E-state index in [1.165, 1.54) is 12.8 Å². The number of carbonyl (C=O) groups excluding carboxylic acids is 1. The van der Waals surface area contributed by atoms with Gasteiger partial charge in [-0.1, -0.05) is 19.8 Å². The fourth-order valence-electron chi connectivity index (χ4n) is 1.26. The van der Waals surface area contributed by atoms with Gasteiger partial charge in [-0.05, 0) is 30.7 Å². The molecule has 0 heterocycles. The first-order chi connectivity index (χ1) is 7.24. The molecule has 0 unspecified atom stereocenters. The van der Waals surface area contributed by atoms with Crippen molar-refractivity contribution in [2.45, 2.75) is 26.2 Å². The summed E-state index contributed by atoms with van der Waals surface area (Å²) < 4.78 is 5.49. The maximum atomic E-state index is 10.8. The topological polar surface area (TPSA) is 52.3 Å². The third-order valence-corrected chi connectivity index (χ3v) is 2.16. The van der Waals surface area contributed by atoms with E-state index in [1.807, 2.05) is 0 Å². The third-order valence-electron chi connectivity index (χ3n) is 2.16. The molecule has 0 aliphatic heterocycles. The smallest absolute Gasteiger partial charge is 0.248 e. The van der Waals surface area contributed by atoms with E-state index in [0.29, 0.717) is 5.56 Å². The summed E-state index contributed by atoms with van der Waals surface area (Å²) in [7, 11) is 0. The molecular formula is C12H17NO2. The molecule has 1 rings (SSSR count). The number of carbonyl (C=O) groups is 1. The molecule has 0 bridgehead atoms. The van der Waals surface area contributed by atoms with Gasteiger partial charge in [0, 0.05) is 5.56 Å². The predicted molar refractivity (Wildman–Crippen MR) is 60.0 cm³/mol. The van der Waals surface area contributed by atoms with Crippen LogP contribution in [0.15, 0.2) is 24.3 Å². The lowest BCUT2D eigenvalue weighted by atomic mass is 10.2. The van der Waals surface area contributed by atoms with Crippen LogP contribution in [0.2, 0.25) is 0 Å². The Hall–Kier alpha value is -1.51. The monoisotopic (exact) mass is 207 g/mol. The van der Waals surface area contributed by atoms with Gasteiger partial charge in [0.25, 0.3) is 0 Å². The van der Waals surface area contributed by atoms with E-state index in [9.17, 15) is 4.79 Å². The molecule has 2 N–H and O–H groups in total. The van der Waals surface area contributed by atoms with Crippen molar-refractivity contribution in [3.8, 4) is 5.75 Å². The van der Waals surface area contributed by atoms with Crippen molar-refractivity contribution in [2.75, 3.05) is 6.61 Å².